The third kappa shape index (κ3) is 4.89. The van der Waals surface area contributed by atoms with Crippen LogP contribution in [-0.4, -0.2) is 74.8 Å². The van der Waals surface area contributed by atoms with Gasteiger partial charge in [-0.1, -0.05) is 41.9 Å². The van der Waals surface area contributed by atoms with Crippen molar-refractivity contribution in [1.29, 1.82) is 5.41 Å². The maximum Gasteiger partial charge on any atom is 0.380 e. The van der Waals surface area contributed by atoms with Gasteiger partial charge in [0.05, 0.1) is 10.7 Å². The fourth-order valence-corrected chi connectivity index (χ4v) is 3.72. The molecule has 9 nitrogen and oxygen atoms in total. The molecule has 0 radical (unpaired) electrons. The summed E-state index contributed by atoms with van der Waals surface area (Å²) in [6, 6.07) is 9.81. The predicted octanol–water partition coefficient (Wildman–Crippen LogP) is 1.74. The summed E-state index contributed by atoms with van der Waals surface area (Å²) in [7, 11) is 0. The topological polar surface area (TPSA) is 134 Å². The standard InChI is InChI=1S/C21H21ClN4O5/c1-12-10-25(11-13-5-3-2-4-6-13)7-8-26(12)20(29)16-14(22)9-15(23)17(24-16)18(27)19(28)21(30)31/h2-6,9,12,23,27H,7-8,10-11H2,1H3,(H,30,31)/b18-17+,23-15?/t12-/m1/s1. The molecular weight excluding hydrogens is 424 g/mol. The minimum atomic E-state index is -1.90. The summed E-state index contributed by atoms with van der Waals surface area (Å²) in [6.45, 7) is 4.30. The number of dihydropyridines is 1. The molecule has 0 saturated carbocycles. The molecule has 3 N–H and O–H groups in total. The second-order valence-electron chi connectivity index (χ2n) is 7.27. The number of benzene rings is 1. The van der Waals surface area contributed by atoms with Crippen molar-refractivity contribution in [2.45, 2.75) is 19.5 Å². The van der Waals surface area contributed by atoms with E-state index >= 15 is 0 Å². The van der Waals surface area contributed by atoms with Crippen LogP contribution in [0.2, 0.25) is 0 Å². The van der Waals surface area contributed by atoms with Gasteiger partial charge in [-0.2, -0.15) is 0 Å². The number of carboxylic acids is 1. The number of aliphatic hydroxyl groups is 1. The van der Waals surface area contributed by atoms with Gasteiger partial charge < -0.3 is 15.1 Å². The van der Waals surface area contributed by atoms with Gasteiger partial charge in [-0.15, -0.1) is 0 Å². The van der Waals surface area contributed by atoms with E-state index in [1.165, 1.54) is 5.56 Å². The Morgan fingerprint density at radius 3 is 2.48 bits per heavy atom. The summed E-state index contributed by atoms with van der Waals surface area (Å²) in [6.07, 6.45) is 1.05. The van der Waals surface area contributed by atoms with Gasteiger partial charge in [-0.25, -0.2) is 9.79 Å². The van der Waals surface area contributed by atoms with Gasteiger partial charge in [0.2, 0.25) is 0 Å². The molecule has 1 aromatic carbocycles. The maximum absolute atomic E-state index is 13.1. The molecule has 2 aliphatic heterocycles. The highest BCUT2D eigenvalue weighted by Crippen LogP contribution is 2.22. The molecular formula is C21H21ClN4O5. The minimum absolute atomic E-state index is 0.117. The summed E-state index contributed by atoms with van der Waals surface area (Å²) in [5.74, 6) is -5.26. The van der Waals surface area contributed by atoms with Crippen LogP contribution in [0.25, 0.3) is 0 Å². The number of carboxylic acid groups (broad SMARTS) is 1. The van der Waals surface area contributed by atoms with Gasteiger partial charge in [-0.05, 0) is 18.6 Å². The molecule has 1 aromatic rings. The summed E-state index contributed by atoms with van der Waals surface area (Å²) in [5.41, 5.74) is -0.144. The van der Waals surface area contributed by atoms with E-state index in [-0.39, 0.29) is 16.8 Å². The number of halogens is 1. The predicted molar refractivity (Wildman–Crippen MR) is 114 cm³/mol. The van der Waals surface area contributed by atoms with Crippen LogP contribution < -0.4 is 0 Å². The van der Waals surface area contributed by atoms with E-state index in [9.17, 15) is 19.5 Å². The highest BCUT2D eigenvalue weighted by atomic mass is 35.5. The lowest BCUT2D eigenvalue weighted by atomic mass is 10.1. The maximum atomic E-state index is 13.1. The van der Waals surface area contributed by atoms with Crippen LogP contribution >= 0.6 is 11.6 Å². The molecule has 2 heterocycles. The monoisotopic (exact) mass is 444 g/mol. The zero-order valence-corrected chi connectivity index (χ0v) is 17.5. The summed E-state index contributed by atoms with van der Waals surface area (Å²) in [5, 5.41) is 26.4. The molecule has 3 rings (SSSR count). The Bertz CT molecular complexity index is 1030. The van der Waals surface area contributed by atoms with Crippen LogP contribution in [0.1, 0.15) is 12.5 Å². The molecule has 2 aliphatic rings. The fourth-order valence-electron chi connectivity index (χ4n) is 3.48. The average Bonchev–Trinajstić information content (AvgIpc) is 2.73. The molecule has 0 bridgehead atoms. The van der Waals surface area contributed by atoms with Crippen molar-refractivity contribution < 1.29 is 24.6 Å². The number of Topliss-reactive ketones (excluding diaryl/α,β-unsaturated/α-hetero) is 1. The van der Waals surface area contributed by atoms with Crippen molar-refractivity contribution in [1.82, 2.24) is 9.80 Å². The van der Waals surface area contributed by atoms with E-state index in [0.29, 0.717) is 19.6 Å². The minimum Gasteiger partial charge on any atom is -0.502 e. The summed E-state index contributed by atoms with van der Waals surface area (Å²) < 4.78 is 0. The first-order valence-electron chi connectivity index (χ1n) is 9.52. The Morgan fingerprint density at radius 1 is 1.19 bits per heavy atom. The molecule has 1 atom stereocenters. The van der Waals surface area contributed by atoms with Crippen molar-refractivity contribution in [2.75, 3.05) is 19.6 Å². The first kappa shape index (κ1) is 22.4. The number of piperazine rings is 1. The number of aliphatic imine (C=N–C) groups is 1. The van der Waals surface area contributed by atoms with Crippen molar-refractivity contribution >= 4 is 40.7 Å². The van der Waals surface area contributed by atoms with E-state index in [1.807, 2.05) is 37.3 Å². The lowest BCUT2D eigenvalue weighted by Gasteiger charge is -2.40. The normalized spacial score (nSPS) is 21.3. The molecule has 1 fully saturated rings. The molecule has 1 amide bonds. The van der Waals surface area contributed by atoms with E-state index in [2.05, 4.69) is 9.89 Å². The molecule has 31 heavy (non-hydrogen) atoms. The van der Waals surface area contributed by atoms with Crippen molar-refractivity contribution in [2.24, 2.45) is 4.99 Å². The van der Waals surface area contributed by atoms with Crippen LogP contribution in [-0.2, 0) is 20.9 Å². The fraction of sp³-hybridized carbons (Fsp3) is 0.286. The molecule has 0 aromatic heterocycles. The number of amides is 1. The molecule has 10 heteroatoms. The van der Waals surface area contributed by atoms with E-state index in [4.69, 9.17) is 22.1 Å². The number of carbonyl (C=O) groups is 3. The lowest BCUT2D eigenvalue weighted by Crippen LogP contribution is -2.55. The number of hydrogen-bond donors (Lipinski definition) is 3. The zero-order valence-electron chi connectivity index (χ0n) is 16.7. The molecule has 1 saturated heterocycles. The average molecular weight is 445 g/mol. The van der Waals surface area contributed by atoms with Crippen molar-refractivity contribution in [3.05, 3.63) is 58.5 Å². The summed E-state index contributed by atoms with van der Waals surface area (Å²) >= 11 is 6.11. The Labute approximate surface area is 183 Å². The highest BCUT2D eigenvalue weighted by Gasteiger charge is 2.34. The van der Waals surface area contributed by atoms with Crippen LogP contribution in [0.5, 0.6) is 0 Å². The van der Waals surface area contributed by atoms with E-state index < -0.39 is 34.8 Å². The van der Waals surface area contributed by atoms with Crippen LogP contribution in [0.15, 0.2) is 57.9 Å². The first-order chi connectivity index (χ1) is 14.7. The lowest BCUT2D eigenvalue weighted by molar-refractivity contribution is -0.148. The number of aliphatic carboxylic acids is 1. The largest absolute Gasteiger partial charge is 0.502 e. The molecule has 0 aliphatic carbocycles. The number of carbonyl (C=O) groups excluding carboxylic acids is 2. The van der Waals surface area contributed by atoms with Gasteiger partial charge in [-0.3, -0.25) is 19.9 Å². The number of nitrogens with one attached hydrogen (secondary N) is 1. The van der Waals surface area contributed by atoms with Gasteiger partial charge in [0.15, 0.2) is 5.76 Å². The number of nitrogens with zero attached hydrogens (tertiary/aromatic N) is 3. The smallest absolute Gasteiger partial charge is 0.380 e. The third-order valence-corrected chi connectivity index (χ3v) is 5.32. The highest BCUT2D eigenvalue weighted by molar-refractivity contribution is 6.61. The van der Waals surface area contributed by atoms with Crippen molar-refractivity contribution in [3.63, 3.8) is 0 Å². The number of hydrogen-bond acceptors (Lipinski definition) is 7. The third-order valence-electron chi connectivity index (χ3n) is 5.03. The number of aliphatic hydroxyl groups excluding tert-OH is 1. The zero-order chi connectivity index (χ0) is 22.7. The second kappa shape index (κ2) is 9.23. The first-order valence-corrected chi connectivity index (χ1v) is 9.90. The molecule has 162 valence electrons. The Morgan fingerprint density at radius 2 is 1.87 bits per heavy atom. The molecule has 0 unspecified atom stereocenters. The van der Waals surface area contributed by atoms with Crippen molar-refractivity contribution in [3.8, 4) is 0 Å². The molecule has 0 spiro atoms. The van der Waals surface area contributed by atoms with Crippen LogP contribution in [0.4, 0.5) is 0 Å². The van der Waals surface area contributed by atoms with Crippen LogP contribution in [0.3, 0.4) is 0 Å². The Hall–Kier alpha value is -3.30. The van der Waals surface area contributed by atoms with Crippen LogP contribution in [0, 0.1) is 5.41 Å². The number of ketones is 1. The number of allylic oxidation sites excluding steroid dienone is 1. The summed E-state index contributed by atoms with van der Waals surface area (Å²) in [4.78, 5) is 43.2. The SMILES string of the molecule is C[C@@H]1CN(Cc2ccccc2)CCN1C(=O)C1=N/C(=C(/O)C(=O)C(=O)O)C(=N)C=C1Cl. The number of rotatable bonds is 5. The van der Waals surface area contributed by atoms with E-state index in [1.54, 1.807) is 4.90 Å². The Balaban J connectivity index is 1.78. The Kier molecular flexibility index (Phi) is 6.67. The quantitative estimate of drug-likeness (QED) is 0.359. The van der Waals surface area contributed by atoms with Gasteiger partial charge in [0.25, 0.3) is 5.91 Å². The second-order valence-corrected chi connectivity index (χ2v) is 7.67. The van der Waals surface area contributed by atoms with E-state index in [0.717, 1.165) is 12.6 Å². The van der Waals surface area contributed by atoms with Gasteiger partial charge in [0.1, 0.15) is 11.4 Å². The van der Waals surface area contributed by atoms with Gasteiger partial charge in [0, 0.05) is 32.2 Å². The van der Waals surface area contributed by atoms with Gasteiger partial charge >= 0.3 is 11.8 Å².